The minimum Gasteiger partial charge on any atom is -0.467 e. The van der Waals surface area contributed by atoms with Crippen molar-refractivity contribution in [1.29, 1.82) is 0 Å². The van der Waals surface area contributed by atoms with E-state index in [1.165, 1.54) is 11.8 Å². The summed E-state index contributed by atoms with van der Waals surface area (Å²) in [6.07, 6.45) is 3.15. The molecular weight excluding hydrogens is 366 g/mol. The molecule has 140 valence electrons. The van der Waals surface area contributed by atoms with Gasteiger partial charge >= 0.3 is 0 Å². The van der Waals surface area contributed by atoms with Crippen LogP contribution in [0.3, 0.4) is 0 Å². The third-order valence-electron chi connectivity index (χ3n) is 3.72. The minimum absolute atomic E-state index is 0.157. The number of aromatic nitrogens is 3. The Bertz CT molecular complexity index is 923. The number of benzene rings is 1. The highest BCUT2D eigenvalue weighted by Crippen LogP contribution is 2.16. The first-order valence-corrected chi connectivity index (χ1v) is 9.16. The summed E-state index contributed by atoms with van der Waals surface area (Å²) in [7, 11) is 3.52. The van der Waals surface area contributed by atoms with E-state index in [9.17, 15) is 9.59 Å². The second-order valence-electron chi connectivity index (χ2n) is 5.88. The Kier molecular flexibility index (Phi) is 5.92. The van der Waals surface area contributed by atoms with E-state index in [1.807, 2.05) is 13.1 Å². The number of nitrogens with one attached hydrogen (secondary N) is 1. The van der Waals surface area contributed by atoms with Gasteiger partial charge < -0.3 is 19.2 Å². The van der Waals surface area contributed by atoms with Gasteiger partial charge in [0.15, 0.2) is 5.16 Å². The van der Waals surface area contributed by atoms with E-state index >= 15 is 0 Å². The molecule has 0 fully saturated rings. The molecule has 2 heterocycles. The van der Waals surface area contributed by atoms with Crippen LogP contribution in [0, 0.1) is 0 Å². The third-order valence-corrected chi connectivity index (χ3v) is 4.75. The summed E-state index contributed by atoms with van der Waals surface area (Å²) in [6.45, 7) is 0.372. The van der Waals surface area contributed by atoms with Crippen LogP contribution in [0.2, 0.25) is 0 Å². The smallest absolute Gasteiger partial charge is 0.254 e. The molecule has 0 aliphatic rings. The lowest BCUT2D eigenvalue weighted by Gasteiger charge is -2.16. The number of amides is 2. The van der Waals surface area contributed by atoms with Crippen LogP contribution in [0.1, 0.15) is 16.1 Å². The highest BCUT2D eigenvalue weighted by molar-refractivity contribution is 7.99. The average Bonchev–Trinajstić information content (AvgIpc) is 3.31. The quantitative estimate of drug-likeness (QED) is 0.628. The predicted molar refractivity (Wildman–Crippen MR) is 101 cm³/mol. The summed E-state index contributed by atoms with van der Waals surface area (Å²) >= 11 is 1.29. The second kappa shape index (κ2) is 8.54. The van der Waals surface area contributed by atoms with Crippen molar-refractivity contribution in [2.24, 2.45) is 7.05 Å². The fourth-order valence-electron chi connectivity index (χ4n) is 2.39. The number of carbonyl (C=O) groups excluding carboxylic acids is 2. The maximum Gasteiger partial charge on any atom is 0.254 e. The number of carbonyl (C=O) groups is 2. The van der Waals surface area contributed by atoms with Gasteiger partial charge in [-0.3, -0.25) is 9.59 Å². The number of furan rings is 1. The van der Waals surface area contributed by atoms with Crippen molar-refractivity contribution in [2.45, 2.75) is 11.7 Å². The lowest BCUT2D eigenvalue weighted by Crippen LogP contribution is -2.26. The molecule has 0 atom stereocenters. The zero-order valence-corrected chi connectivity index (χ0v) is 15.8. The molecule has 1 N–H and O–H groups in total. The third kappa shape index (κ3) is 4.98. The van der Waals surface area contributed by atoms with Crippen LogP contribution in [0.5, 0.6) is 0 Å². The summed E-state index contributed by atoms with van der Waals surface area (Å²) in [5.41, 5.74) is 1.05. The molecular formula is C18H19N5O3S. The molecule has 27 heavy (non-hydrogen) atoms. The Balaban J connectivity index is 1.58. The topological polar surface area (TPSA) is 93.3 Å². The van der Waals surface area contributed by atoms with Crippen molar-refractivity contribution >= 4 is 29.3 Å². The predicted octanol–water partition coefficient (Wildman–Crippen LogP) is 2.41. The van der Waals surface area contributed by atoms with Crippen LogP contribution < -0.4 is 5.32 Å². The van der Waals surface area contributed by atoms with Crippen LogP contribution in [-0.4, -0.2) is 44.3 Å². The van der Waals surface area contributed by atoms with Gasteiger partial charge in [0, 0.05) is 25.3 Å². The summed E-state index contributed by atoms with van der Waals surface area (Å²) in [5.74, 6) is 0.562. The Morgan fingerprint density at radius 1 is 1.30 bits per heavy atom. The highest BCUT2D eigenvalue weighted by Gasteiger charge is 2.14. The molecule has 0 radical (unpaired) electrons. The molecule has 2 aromatic heterocycles. The molecule has 9 heteroatoms. The van der Waals surface area contributed by atoms with E-state index in [-0.39, 0.29) is 17.6 Å². The number of rotatable bonds is 7. The number of hydrogen-bond acceptors (Lipinski definition) is 6. The first kappa shape index (κ1) is 18.7. The molecule has 8 nitrogen and oxygen atoms in total. The van der Waals surface area contributed by atoms with Gasteiger partial charge in [0.05, 0.1) is 18.6 Å². The van der Waals surface area contributed by atoms with Crippen LogP contribution in [0.4, 0.5) is 5.69 Å². The van der Waals surface area contributed by atoms with Crippen LogP contribution in [0.15, 0.2) is 58.6 Å². The Hall–Kier alpha value is -3.07. The number of hydrogen-bond donors (Lipinski definition) is 1. The Labute approximate surface area is 160 Å². The van der Waals surface area contributed by atoms with E-state index in [1.54, 1.807) is 59.4 Å². The fraction of sp³-hybridized carbons (Fsp3) is 0.222. The minimum atomic E-state index is -0.184. The van der Waals surface area contributed by atoms with Crippen molar-refractivity contribution in [3.63, 3.8) is 0 Å². The Morgan fingerprint density at radius 2 is 2.15 bits per heavy atom. The van der Waals surface area contributed by atoms with E-state index in [2.05, 4.69) is 15.5 Å². The molecule has 0 saturated heterocycles. The van der Waals surface area contributed by atoms with Gasteiger partial charge in [0.25, 0.3) is 5.91 Å². The summed E-state index contributed by atoms with van der Waals surface area (Å²) < 4.78 is 7.01. The number of nitrogens with zero attached hydrogens (tertiary/aromatic N) is 4. The maximum atomic E-state index is 12.6. The molecule has 0 saturated carbocycles. The zero-order chi connectivity index (χ0) is 19.2. The lowest BCUT2D eigenvalue weighted by atomic mass is 10.1. The number of anilines is 1. The fourth-order valence-corrected chi connectivity index (χ4v) is 3.08. The summed E-state index contributed by atoms with van der Waals surface area (Å²) in [4.78, 5) is 26.3. The van der Waals surface area contributed by atoms with Crippen molar-refractivity contribution < 1.29 is 14.0 Å². The summed E-state index contributed by atoms with van der Waals surface area (Å²) in [5, 5.41) is 11.1. The van der Waals surface area contributed by atoms with E-state index in [0.29, 0.717) is 28.7 Å². The highest BCUT2D eigenvalue weighted by atomic mass is 32.2. The van der Waals surface area contributed by atoms with Gasteiger partial charge in [-0.2, -0.15) is 0 Å². The van der Waals surface area contributed by atoms with Gasteiger partial charge in [0.2, 0.25) is 5.91 Å². The maximum absolute atomic E-state index is 12.6. The van der Waals surface area contributed by atoms with E-state index in [0.717, 1.165) is 0 Å². The van der Waals surface area contributed by atoms with Gasteiger partial charge in [-0.25, -0.2) is 0 Å². The molecule has 3 rings (SSSR count). The molecule has 0 aliphatic carbocycles. The SMILES string of the molecule is CN(Cc1ccco1)C(=O)c1cccc(NC(=O)CSc2nncn2C)c1. The average molecular weight is 385 g/mol. The molecule has 1 aromatic carbocycles. The van der Waals surface area contributed by atoms with Gasteiger partial charge in [-0.1, -0.05) is 17.8 Å². The van der Waals surface area contributed by atoms with Crippen molar-refractivity contribution in [2.75, 3.05) is 18.1 Å². The molecule has 2 amide bonds. The number of aryl methyl sites for hydroxylation is 1. The lowest BCUT2D eigenvalue weighted by molar-refractivity contribution is -0.113. The second-order valence-corrected chi connectivity index (χ2v) is 6.83. The first-order chi connectivity index (χ1) is 13.0. The van der Waals surface area contributed by atoms with E-state index < -0.39 is 0 Å². The van der Waals surface area contributed by atoms with Crippen molar-refractivity contribution in [3.05, 3.63) is 60.3 Å². The molecule has 0 spiro atoms. The van der Waals surface area contributed by atoms with Crippen LogP contribution >= 0.6 is 11.8 Å². The molecule has 3 aromatic rings. The molecule has 0 unspecified atom stereocenters. The monoisotopic (exact) mass is 385 g/mol. The normalized spacial score (nSPS) is 10.6. The standard InChI is InChI=1S/C18H19N5O3S/c1-22(10-15-7-4-8-26-15)17(25)13-5-3-6-14(9-13)20-16(24)11-27-18-21-19-12-23(18)2/h3-9,12H,10-11H2,1-2H3,(H,20,24). The van der Waals surface area contributed by atoms with Gasteiger partial charge in [-0.05, 0) is 30.3 Å². The van der Waals surface area contributed by atoms with Crippen molar-refractivity contribution in [3.8, 4) is 0 Å². The molecule has 0 aliphatic heterocycles. The van der Waals surface area contributed by atoms with E-state index in [4.69, 9.17) is 4.42 Å². The van der Waals surface area contributed by atoms with Gasteiger partial charge in [0.1, 0.15) is 12.1 Å². The molecule has 0 bridgehead atoms. The largest absolute Gasteiger partial charge is 0.467 e. The summed E-state index contributed by atoms with van der Waals surface area (Å²) in [6, 6.07) is 10.4. The van der Waals surface area contributed by atoms with Crippen molar-refractivity contribution in [1.82, 2.24) is 19.7 Å². The first-order valence-electron chi connectivity index (χ1n) is 8.17. The Morgan fingerprint density at radius 3 is 2.85 bits per heavy atom. The van der Waals surface area contributed by atoms with Crippen LogP contribution in [-0.2, 0) is 18.4 Å². The van der Waals surface area contributed by atoms with Gasteiger partial charge in [-0.15, -0.1) is 10.2 Å². The number of thioether (sulfide) groups is 1. The zero-order valence-electron chi connectivity index (χ0n) is 15.0. The van der Waals surface area contributed by atoms with Crippen LogP contribution in [0.25, 0.3) is 0 Å².